The van der Waals surface area contributed by atoms with Gasteiger partial charge in [-0.25, -0.2) is 17.9 Å². The van der Waals surface area contributed by atoms with Gasteiger partial charge in [0.25, 0.3) is 0 Å². The number of amides is 2. The number of aryl methyl sites for hydroxylation is 1. The Bertz CT molecular complexity index is 803. The van der Waals surface area contributed by atoms with Gasteiger partial charge in [0.1, 0.15) is 10.0 Å². The molecule has 0 unspecified atom stereocenters. The minimum Gasteiger partial charge on any atom is -0.321 e. The van der Waals surface area contributed by atoms with E-state index in [-0.39, 0.29) is 10.9 Å². The van der Waals surface area contributed by atoms with Crippen molar-refractivity contribution in [2.45, 2.75) is 18.4 Å². The van der Waals surface area contributed by atoms with Crippen molar-refractivity contribution in [3.63, 3.8) is 0 Å². The summed E-state index contributed by atoms with van der Waals surface area (Å²) in [6.45, 7) is 2.17. The maximum Gasteiger partial charge on any atom is 0.321 e. The van der Waals surface area contributed by atoms with Crippen molar-refractivity contribution < 1.29 is 13.2 Å². The van der Waals surface area contributed by atoms with Crippen molar-refractivity contribution in [3.8, 4) is 0 Å². The van der Waals surface area contributed by atoms with E-state index in [0.717, 1.165) is 10.0 Å². The first kappa shape index (κ1) is 17.3. The van der Waals surface area contributed by atoms with E-state index in [9.17, 15) is 13.2 Å². The van der Waals surface area contributed by atoms with Crippen molar-refractivity contribution in [1.82, 2.24) is 19.8 Å². The first-order chi connectivity index (χ1) is 10.8. The van der Waals surface area contributed by atoms with Crippen LogP contribution in [0, 0.1) is 6.92 Å². The van der Waals surface area contributed by atoms with Gasteiger partial charge in [0, 0.05) is 12.7 Å². The first-order valence-electron chi connectivity index (χ1n) is 6.66. The zero-order valence-corrected chi connectivity index (χ0v) is 14.5. The summed E-state index contributed by atoms with van der Waals surface area (Å²) in [5, 5.41) is 12.1. The summed E-state index contributed by atoms with van der Waals surface area (Å²) in [5.41, 5.74) is 0.395. The Hall–Kier alpha value is -2.04. The molecule has 2 N–H and O–H groups in total. The summed E-state index contributed by atoms with van der Waals surface area (Å²) in [6.07, 6.45) is 0. The standard InChI is InChI=1S/C13H17N5O3S2/c1-9-16-17-12(22-9)8-18(3)13(19)15-10-5-4-6-11(7-10)23(20,21)14-2/h4-7,14H,8H2,1-3H3,(H,15,19). The molecule has 2 aromatic rings. The van der Waals surface area contributed by atoms with Crippen molar-refractivity contribution in [1.29, 1.82) is 0 Å². The minimum atomic E-state index is -3.55. The highest BCUT2D eigenvalue weighted by molar-refractivity contribution is 7.89. The summed E-state index contributed by atoms with van der Waals surface area (Å²) in [5.74, 6) is 0. The van der Waals surface area contributed by atoms with Gasteiger partial charge in [0.15, 0.2) is 0 Å². The van der Waals surface area contributed by atoms with Crippen molar-refractivity contribution in [2.24, 2.45) is 0 Å². The Morgan fingerprint density at radius 2 is 2.09 bits per heavy atom. The van der Waals surface area contributed by atoms with Gasteiger partial charge in [-0.1, -0.05) is 17.4 Å². The molecule has 0 aliphatic rings. The molecule has 0 aliphatic carbocycles. The molecular formula is C13H17N5O3S2. The number of carbonyl (C=O) groups excluding carboxylic acids is 1. The van der Waals surface area contributed by atoms with Gasteiger partial charge in [-0.15, -0.1) is 10.2 Å². The van der Waals surface area contributed by atoms with Crippen LogP contribution in [-0.4, -0.2) is 43.6 Å². The zero-order chi connectivity index (χ0) is 17.0. The van der Waals surface area contributed by atoms with Gasteiger partial charge in [-0.2, -0.15) is 0 Å². The van der Waals surface area contributed by atoms with Crippen LogP contribution in [-0.2, 0) is 16.6 Å². The summed E-state index contributed by atoms with van der Waals surface area (Å²) < 4.78 is 25.8. The van der Waals surface area contributed by atoms with Crippen LogP contribution in [0.15, 0.2) is 29.2 Å². The predicted molar refractivity (Wildman–Crippen MR) is 87.8 cm³/mol. The Kier molecular flexibility index (Phi) is 5.29. The van der Waals surface area contributed by atoms with Crippen molar-refractivity contribution >= 4 is 33.1 Å². The van der Waals surface area contributed by atoms with Crippen LogP contribution in [0.2, 0.25) is 0 Å². The van der Waals surface area contributed by atoms with E-state index in [0.29, 0.717) is 12.2 Å². The third-order valence-corrected chi connectivity index (χ3v) is 5.19. The Morgan fingerprint density at radius 3 is 2.70 bits per heavy atom. The lowest BCUT2D eigenvalue weighted by Crippen LogP contribution is -2.31. The molecule has 0 bridgehead atoms. The molecule has 2 amide bonds. The van der Waals surface area contributed by atoms with Crippen molar-refractivity contribution in [3.05, 3.63) is 34.3 Å². The quantitative estimate of drug-likeness (QED) is 0.844. The largest absolute Gasteiger partial charge is 0.321 e. The summed E-state index contributed by atoms with van der Waals surface area (Å²) >= 11 is 1.42. The molecule has 0 fully saturated rings. The SMILES string of the molecule is CNS(=O)(=O)c1cccc(NC(=O)N(C)Cc2nnc(C)s2)c1. The Morgan fingerprint density at radius 1 is 1.35 bits per heavy atom. The van der Waals surface area contributed by atoms with Crippen LogP contribution in [0.3, 0.4) is 0 Å². The summed E-state index contributed by atoms with van der Waals surface area (Å²) in [4.78, 5) is 13.7. The van der Waals surface area contributed by atoms with E-state index < -0.39 is 10.0 Å². The van der Waals surface area contributed by atoms with E-state index in [1.54, 1.807) is 19.2 Å². The molecule has 124 valence electrons. The number of hydrogen-bond acceptors (Lipinski definition) is 6. The van der Waals surface area contributed by atoms with Crippen LogP contribution in [0.25, 0.3) is 0 Å². The molecule has 8 nitrogen and oxygen atoms in total. The predicted octanol–water partition coefficient (Wildman–Crippen LogP) is 1.42. The molecule has 0 atom stereocenters. The first-order valence-corrected chi connectivity index (χ1v) is 8.96. The van der Waals surface area contributed by atoms with E-state index in [1.807, 2.05) is 6.92 Å². The molecule has 10 heteroatoms. The van der Waals surface area contributed by atoms with E-state index in [1.165, 1.54) is 35.4 Å². The normalized spacial score (nSPS) is 11.3. The minimum absolute atomic E-state index is 0.0835. The second-order valence-electron chi connectivity index (χ2n) is 4.74. The fourth-order valence-electron chi connectivity index (χ4n) is 1.75. The molecule has 0 saturated heterocycles. The van der Waals surface area contributed by atoms with Gasteiger partial charge in [-0.3, -0.25) is 0 Å². The molecule has 1 heterocycles. The second kappa shape index (κ2) is 7.02. The van der Waals surface area contributed by atoms with Crippen LogP contribution in [0.5, 0.6) is 0 Å². The number of rotatable bonds is 5. The van der Waals surface area contributed by atoms with Gasteiger partial charge < -0.3 is 10.2 Å². The lowest BCUT2D eigenvalue weighted by Gasteiger charge is -2.16. The average Bonchev–Trinajstić information content (AvgIpc) is 2.92. The van der Waals surface area contributed by atoms with Crippen LogP contribution < -0.4 is 10.0 Å². The highest BCUT2D eigenvalue weighted by atomic mass is 32.2. The number of hydrogen-bond donors (Lipinski definition) is 2. The Balaban J connectivity index is 2.06. The molecule has 0 radical (unpaired) electrons. The molecule has 0 aliphatic heterocycles. The zero-order valence-electron chi connectivity index (χ0n) is 12.9. The maximum absolute atomic E-state index is 12.2. The van der Waals surface area contributed by atoms with E-state index >= 15 is 0 Å². The Labute approximate surface area is 138 Å². The van der Waals surface area contributed by atoms with Crippen LogP contribution in [0.4, 0.5) is 10.5 Å². The molecule has 1 aromatic carbocycles. The van der Waals surface area contributed by atoms with Crippen molar-refractivity contribution in [2.75, 3.05) is 19.4 Å². The maximum atomic E-state index is 12.2. The highest BCUT2D eigenvalue weighted by Gasteiger charge is 2.15. The van der Waals surface area contributed by atoms with Gasteiger partial charge in [0.2, 0.25) is 10.0 Å². The number of carbonyl (C=O) groups is 1. The number of benzene rings is 1. The summed E-state index contributed by atoms with van der Waals surface area (Å²) in [6, 6.07) is 5.67. The number of sulfonamides is 1. The topological polar surface area (TPSA) is 104 Å². The molecule has 0 saturated carbocycles. The lowest BCUT2D eigenvalue weighted by molar-refractivity contribution is 0.220. The highest BCUT2D eigenvalue weighted by Crippen LogP contribution is 2.16. The number of aromatic nitrogens is 2. The lowest BCUT2D eigenvalue weighted by atomic mass is 10.3. The number of nitrogens with zero attached hydrogens (tertiary/aromatic N) is 3. The summed E-state index contributed by atoms with van der Waals surface area (Å²) in [7, 11) is -0.597. The number of anilines is 1. The van der Waals surface area contributed by atoms with Gasteiger partial charge in [0.05, 0.1) is 11.4 Å². The fraction of sp³-hybridized carbons (Fsp3) is 0.308. The van der Waals surface area contributed by atoms with Gasteiger partial charge >= 0.3 is 6.03 Å². The smallest absolute Gasteiger partial charge is 0.321 e. The fourth-order valence-corrected chi connectivity index (χ4v) is 3.29. The molecule has 2 rings (SSSR count). The molecular weight excluding hydrogens is 338 g/mol. The van der Waals surface area contributed by atoms with Gasteiger partial charge in [-0.05, 0) is 32.2 Å². The van der Waals surface area contributed by atoms with E-state index in [4.69, 9.17) is 0 Å². The van der Waals surface area contributed by atoms with Crippen LogP contribution >= 0.6 is 11.3 Å². The second-order valence-corrected chi connectivity index (χ2v) is 7.89. The number of urea groups is 1. The molecule has 23 heavy (non-hydrogen) atoms. The van der Waals surface area contributed by atoms with Crippen LogP contribution in [0.1, 0.15) is 10.0 Å². The van der Waals surface area contributed by atoms with E-state index in [2.05, 4.69) is 20.2 Å². The monoisotopic (exact) mass is 355 g/mol. The molecule has 0 spiro atoms. The number of nitrogens with one attached hydrogen (secondary N) is 2. The third-order valence-electron chi connectivity index (χ3n) is 2.95. The molecule has 1 aromatic heterocycles. The third kappa shape index (κ3) is 4.47. The average molecular weight is 355 g/mol.